The Balaban J connectivity index is 2.43. The van der Waals surface area contributed by atoms with Gasteiger partial charge >= 0.3 is 0 Å². The third kappa shape index (κ3) is 3.86. The van der Waals surface area contributed by atoms with Gasteiger partial charge in [0.2, 0.25) is 0 Å². The van der Waals surface area contributed by atoms with Crippen molar-refractivity contribution in [3.63, 3.8) is 0 Å². The van der Waals surface area contributed by atoms with Gasteiger partial charge in [-0.2, -0.15) is 0 Å². The first kappa shape index (κ1) is 11.3. The summed E-state index contributed by atoms with van der Waals surface area (Å²) in [6.45, 7) is 2.43. The van der Waals surface area contributed by atoms with Crippen LogP contribution in [0.15, 0.2) is 24.3 Å². The molecule has 15 heavy (non-hydrogen) atoms. The van der Waals surface area contributed by atoms with Crippen LogP contribution in [0.25, 0.3) is 0 Å². The molecule has 0 aliphatic rings. The molecule has 0 atom stereocenters. The standard InChI is InChI=1S/C13H15NO/c1-3-4-5-10-14-13-8-6-12(7-9-13)11(2)15/h1,6-9,14H,4-5,10H2,2H3. The van der Waals surface area contributed by atoms with Crippen LogP contribution in [0.1, 0.15) is 30.1 Å². The quantitative estimate of drug-likeness (QED) is 0.451. The highest BCUT2D eigenvalue weighted by molar-refractivity contribution is 5.94. The minimum absolute atomic E-state index is 0.0916. The van der Waals surface area contributed by atoms with E-state index in [1.807, 2.05) is 24.3 Å². The summed E-state index contributed by atoms with van der Waals surface area (Å²) in [5.74, 6) is 2.68. The number of hydrogen-bond acceptors (Lipinski definition) is 2. The van der Waals surface area contributed by atoms with E-state index in [0.29, 0.717) is 0 Å². The van der Waals surface area contributed by atoms with Crippen molar-refractivity contribution in [3.8, 4) is 12.3 Å². The Morgan fingerprint density at radius 2 is 2.07 bits per heavy atom. The fourth-order valence-corrected chi connectivity index (χ4v) is 1.25. The van der Waals surface area contributed by atoms with Crippen molar-refractivity contribution < 1.29 is 4.79 Å². The summed E-state index contributed by atoms with van der Waals surface area (Å²) in [5, 5.41) is 3.24. The minimum atomic E-state index is 0.0916. The van der Waals surface area contributed by atoms with Gasteiger partial charge in [0.15, 0.2) is 5.78 Å². The molecule has 78 valence electrons. The van der Waals surface area contributed by atoms with Gasteiger partial charge in [0.05, 0.1) is 0 Å². The molecule has 0 aliphatic heterocycles. The SMILES string of the molecule is C#CCCCNc1ccc(C(C)=O)cc1. The van der Waals surface area contributed by atoms with Crippen molar-refractivity contribution in [1.82, 2.24) is 0 Å². The van der Waals surface area contributed by atoms with E-state index in [0.717, 1.165) is 30.6 Å². The lowest BCUT2D eigenvalue weighted by Crippen LogP contribution is -2.01. The number of nitrogens with one attached hydrogen (secondary N) is 1. The van der Waals surface area contributed by atoms with Gasteiger partial charge in [-0.1, -0.05) is 0 Å². The Bertz CT molecular complexity index is 359. The van der Waals surface area contributed by atoms with E-state index in [-0.39, 0.29) is 5.78 Å². The molecule has 0 saturated heterocycles. The number of rotatable bonds is 5. The van der Waals surface area contributed by atoms with Gasteiger partial charge in [-0.15, -0.1) is 12.3 Å². The van der Waals surface area contributed by atoms with Crippen LogP contribution in [0.5, 0.6) is 0 Å². The van der Waals surface area contributed by atoms with Crippen LogP contribution in [0.2, 0.25) is 0 Å². The van der Waals surface area contributed by atoms with Crippen molar-refractivity contribution in [1.29, 1.82) is 0 Å². The second kappa shape index (κ2) is 5.87. The molecular formula is C13H15NO. The molecule has 1 N–H and O–H groups in total. The van der Waals surface area contributed by atoms with Gasteiger partial charge in [0, 0.05) is 24.2 Å². The lowest BCUT2D eigenvalue weighted by Gasteiger charge is -2.05. The van der Waals surface area contributed by atoms with E-state index in [2.05, 4.69) is 11.2 Å². The average molecular weight is 201 g/mol. The largest absolute Gasteiger partial charge is 0.385 e. The van der Waals surface area contributed by atoms with Crippen LogP contribution in [-0.4, -0.2) is 12.3 Å². The highest BCUT2D eigenvalue weighted by Gasteiger charge is 1.97. The number of carbonyl (C=O) groups is 1. The van der Waals surface area contributed by atoms with Gasteiger partial charge in [-0.05, 0) is 37.6 Å². The molecule has 0 amide bonds. The zero-order chi connectivity index (χ0) is 11.1. The first-order valence-corrected chi connectivity index (χ1v) is 5.02. The van der Waals surface area contributed by atoms with Crippen LogP contribution in [-0.2, 0) is 0 Å². The summed E-state index contributed by atoms with van der Waals surface area (Å²) in [5.41, 5.74) is 1.76. The zero-order valence-corrected chi connectivity index (χ0v) is 8.92. The molecule has 0 fully saturated rings. The van der Waals surface area contributed by atoms with Gasteiger partial charge in [-0.3, -0.25) is 4.79 Å². The summed E-state index contributed by atoms with van der Waals surface area (Å²) < 4.78 is 0. The van der Waals surface area contributed by atoms with Crippen molar-refractivity contribution in [2.75, 3.05) is 11.9 Å². The van der Waals surface area contributed by atoms with Crippen LogP contribution in [0, 0.1) is 12.3 Å². The summed E-state index contributed by atoms with van der Waals surface area (Å²) in [6, 6.07) is 7.47. The predicted molar refractivity (Wildman–Crippen MR) is 63.0 cm³/mol. The molecule has 1 aromatic carbocycles. The second-order valence-corrected chi connectivity index (χ2v) is 3.37. The predicted octanol–water partition coefficient (Wildman–Crippen LogP) is 2.71. The first-order valence-electron chi connectivity index (χ1n) is 5.02. The van der Waals surface area contributed by atoms with E-state index in [4.69, 9.17) is 6.42 Å². The van der Waals surface area contributed by atoms with E-state index in [1.54, 1.807) is 6.92 Å². The Morgan fingerprint density at radius 1 is 1.40 bits per heavy atom. The van der Waals surface area contributed by atoms with Gasteiger partial charge in [-0.25, -0.2) is 0 Å². The third-order valence-corrected chi connectivity index (χ3v) is 2.12. The Labute approximate surface area is 90.7 Å². The van der Waals surface area contributed by atoms with Crippen LogP contribution in [0.4, 0.5) is 5.69 Å². The number of unbranched alkanes of at least 4 members (excludes halogenated alkanes) is 1. The molecule has 0 unspecified atom stereocenters. The normalized spacial score (nSPS) is 9.33. The van der Waals surface area contributed by atoms with Crippen LogP contribution >= 0.6 is 0 Å². The summed E-state index contributed by atoms with van der Waals surface area (Å²) in [7, 11) is 0. The highest BCUT2D eigenvalue weighted by atomic mass is 16.1. The van der Waals surface area contributed by atoms with E-state index in [1.165, 1.54) is 0 Å². The molecule has 0 aromatic heterocycles. The van der Waals surface area contributed by atoms with E-state index < -0.39 is 0 Å². The summed E-state index contributed by atoms with van der Waals surface area (Å²) in [4.78, 5) is 11.0. The Morgan fingerprint density at radius 3 is 2.60 bits per heavy atom. The smallest absolute Gasteiger partial charge is 0.159 e. The van der Waals surface area contributed by atoms with E-state index in [9.17, 15) is 4.79 Å². The molecule has 0 aliphatic carbocycles. The summed E-state index contributed by atoms with van der Waals surface area (Å²) in [6.07, 6.45) is 6.90. The zero-order valence-electron chi connectivity index (χ0n) is 8.92. The van der Waals surface area contributed by atoms with Crippen LogP contribution in [0.3, 0.4) is 0 Å². The molecule has 0 saturated carbocycles. The van der Waals surface area contributed by atoms with Gasteiger partial charge in [0.1, 0.15) is 0 Å². The number of Topliss-reactive ketones (excluding diaryl/α,β-unsaturated/α-hetero) is 1. The number of anilines is 1. The lowest BCUT2D eigenvalue weighted by atomic mass is 10.1. The van der Waals surface area contributed by atoms with Gasteiger partial charge in [0.25, 0.3) is 0 Å². The molecule has 1 aromatic rings. The Kier molecular flexibility index (Phi) is 4.43. The molecule has 0 spiro atoms. The van der Waals surface area contributed by atoms with E-state index >= 15 is 0 Å². The van der Waals surface area contributed by atoms with Crippen LogP contribution < -0.4 is 5.32 Å². The van der Waals surface area contributed by atoms with Crippen molar-refractivity contribution in [2.24, 2.45) is 0 Å². The molecule has 1 rings (SSSR count). The molecular weight excluding hydrogens is 186 g/mol. The molecule has 0 heterocycles. The maximum absolute atomic E-state index is 11.0. The number of ketones is 1. The number of hydrogen-bond donors (Lipinski definition) is 1. The Hall–Kier alpha value is -1.75. The van der Waals surface area contributed by atoms with Crippen molar-refractivity contribution in [2.45, 2.75) is 19.8 Å². The maximum Gasteiger partial charge on any atom is 0.159 e. The fourth-order valence-electron chi connectivity index (χ4n) is 1.25. The lowest BCUT2D eigenvalue weighted by molar-refractivity contribution is 0.101. The molecule has 0 radical (unpaired) electrons. The van der Waals surface area contributed by atoms with Gasteiger partial charge < -0.3 is 5.32 Å². The third-order valence-electron chi connectivity index (χ3n) is 2.12. The average Bonchev–Trinajstić information content (AvgIpc) is 2.25. The maximum atomic E-state index is 11.0. The number of benzene rings is 1. The van der Waals surface area contributed by atoms with Crippen molar-refractivity contribution in [3.05, 3.63) is 29.8 Å². The summed E-state index contributed by atoms with van der Waals surface area (Å²) >= 11 is 0. The second-order valence-electron chi connectivity index (χ2n) is 3.37. The number of carbonyl (C=O) groups excluding carboxylic acids is 1. The molecule has 0 bridgehead atoms. The highest BCUT2D eigenvalue weighted by Crippen LogP contribution is 2.09. The minimum Gasteiger partial charge on any atom is -0.385 e. The monoisotopic (exact) mass is 201 g/mol. The van der Waals surface area contributed by atoms with Crippen molar-refractivity contribution >= 4 is 11.5 Å². The first-order chi connectivity index (χ1) is 7.24. The molecule has 2 heteroatoms. The number of terminal acetylenes is 1. The topological polar surface area (TPSA) is 29.1 Å². The fraction of sp³-hybridized carbons (Fsp3) is 0.308. The molecule has 2 nitrogen and oxygen atoms in total.